The van der Waals surface area contributed by atoms with Crippen LogP contribution in [0.5, 0.6) is 0 Å². The Hall–Kier alpha value is -6.49. The fraction of sp³-hybridized carbons (Fsp3) is 0.118. The van der Waals surface area contributed by atoms with Crippen LogP contribution >= 0.6 is 0 Å². The van der Waals surface area contributed by atoms with E-state index in [1.807, 2.05) is 4.72 Å². The van der Waals surface area contributed by atoms with Gasteiger partial charge >= 0.3 is 17.9 Å². The molecule has 4 heterocycles. The van der Waals surface area contributed by atoms with E-state index in [-0.39, 0.29) is 17.0 Å². The average Bonchev–Trinajstić information content (AvgIpc) is 3.11. The van der Waals surface area contributed by atoms with Crippen LogP contribution in [0.4, 0.5) is 25.0 Å². The van der Waals surface area contributed by atoms with Crippen LogP contribution in [0.25, 0.3) is 11.3 Å². The number of hydrogen-bond donors (Lipinski definition) is 3. The molecule has 2 aliphatic heterocycles. The van der Waals surface area contributed by atoms with Gasteiger partial charge in [0.15, 0.2) is 0 Å². The highest BCUT2D eigenvalue weighted by Gasteiger charge is 2.47. The van der Waals surface area contributed by atoms with Gasteiger partial charge < -0.3 is 10.4 Å². The highest BCUT2D eigenvalue weighted by molar-refractivity contribution is 7.92. The van der Waals surface area contributed by atoms with Crippen molar-refractivity contribution in [3.63, 3.8) is 0 Å². The summed E-state index contributed by atoms with van der Waals surface area (Å²) < 4.78 is 59.3. The van der Waals surface area contributed by atoms with E-state index in [1.165, 1.54) is 60.4 Å². The summed E-state index contributed by atoms with van der Waals surface area (Å²) >= 11 is 0. The normalized spacial score (nSPS) is 16.1. The minimum absolute atomic E-state index is 0.213. The summed E-state index contributed by atoms with van der Waals surface area (Å²) in [5.41, 5.74) is 0.465. The summed E-state index contributed by atoms with van der Waals surface area (Å²) in [5, 5.41) is 11.9. The number of rotatable bonds is 10. The van der Waals surface area contributed by atoms with Gasteiger partial charge in [0.25, 0.3) is 15.9 Å². The SMILES string of the molecule is C[N+]1=C2C=NC=CC2C(=O)N(c2ccc(C[C@H](NC(=O)c3c(F)cc(NS(=O)(=O)c4ccc(-c5ccncc5)nc4)cc3F)C(=O)O)cc2)C1=O. The van der Waals surface area contributed by atoms with Gasteiger partial charge in [-0.1, -0.05) is 12.1 Å². The Morgan fingerprint density at radius 1 is 1.02 bits per heavy atom. The molecule has 0 aliphatic carbocycles. The van der Waals surface area contributed by atoms with Crippen LogP contribution < -0.4 is 14.9 Å². The number of carbonyl (C=O) groups excluding carboxylic acids is 3. The largest absolute Gasteiger partial charge is 0.506 e. The number of sulfonamides is 1. The monoisotopic (exact) mass is 714 g/mol. The number of carboxylic acids is 1. The number of fused-ring (bicyclic) bond motifs is 1. The molecular formula is C34H26F2N7O7S+. The van der Waals surface area contributed by atoms with E-state index >= 15 is 8.78 Å². The number of aromatic nitrogens is 2. The lowest BCUT2D eigenvalue weighted by Gasteiger charge is -2.24. The summed E-state index contributed by atoms with van der Waals surface area (Å²) in [7, 11) is -2.85. The van der Waals surface area contributed by atoms with Gasteiger partial charge in [0.05, 0.1) is 24.6 Å². The van der Waals surface area contributed by atoms with Crippen LogP contribution in [-0.2, 0) is 26.0 Å². The molecule has 0 saturated heterocycles. The molecule has 0 radical (unpaired) electrons. The molecule has 0 spiro atoms. The summed E-state index contributed by atoms with van der Waals surface area (Å²) in [6.45, 7) is 0. The summed E-state index contributed by atoms with van der Waals surface area (Å²) in [4.78, 5) is 63.7. The van der Waals surface area contributed by atoms with Crippen molar-refractivity contribution in [2.45, 2.75) is 17.4 Å². The smallest absolute Gasteiger partial charge is 0.480 e. The molecule has 0 bridgehead atoms. The Labute approximate surface area is 288 Å². The van der Waals surface area contributed by atoms with Gasteiger partial charge in [-0.3, -0.25) is 24.5 Å². The van der Waals surface area contributed by atoms with Crippen molar-refractivity contribution in [1.29, 1.82) is 0 Å². The molecular weight excluding hydrogens is 688 g/mol. The van der Waals surface area contributed by atoms with E-state index < -0.39 is 68.7 Å². The van der Waals surface area contributed by atoms with Gasteiger partial charge in [0, 0.05) is 36.8 Å². The maximum atomic E-state index is 15.1. The molecule has 6 rings (SSSR count). The van der Waals surface area contributed by atoms with E-state index in [0.29, 0.717) is 34.7 Å². The van der Waals surface area contributed by atoms with Crippen molar-refractivity contribution in [2.24, 2.45) is 10.9 Å². The molecule has 3 N–H and O–H groups in total. The molecule has 4 aromatic rings. The van der Waals surface area contributed by atoms with Crippen molar-refractivity contribution in [3.8, 4) is 11.3 Å². The Morgan fingerprint density at radius 3 is 2.33 bits per heavy atom. The lowest BCUT2D eigenvalue weighted by Crippen LogP contribution is -2.54. The van der Waals surface area contributed by atoms with E-state index in [2.05, 4.69) is 20.3 Å². The summed E-state index contributed by atoms with van der Waals surface area (Å²) in [6.07, 6.45) is 8.25. The minimum Gasteiger partial charge on any atom is -0.480 e. The molecule has 0 fully saturated rings. The highest BCUT2D eigenvalue weighted by atomic mass is 32.2. The first-order chi connectivity index (χ1) is 24.3. The summed E-state index contributed by atoms with van der Waals surface area (Å²) in [6, 6.07) is 10.7. The first-order valence-corrected chi connectivity index (χ1v) is 16.5. The zero-order valence-corrected chi connectivity index (χ0v) is 27.2. The van der Waals surface area contributed by atoms with Crippen molar-refractivity contribution in [2.75, 3.05) is 16.7 Å². The van der Waals surface area contributed by atoms with Crippen LogP contribution in [0.15, 0.2) is 101 Å². The average molecular weight is 715 g/mol. The topological polar surface area (TPSA) is 191 Å². The molecule has 2 atom stereocenters. The number of aliphatic imine (C=N–C) groups is 1. The highest BCUT2D eigenvalue weighted by Crippen LogP contribution is 2.26. The number of aliphatic carboxylic acids is 1. The predicted molar refractivity (Wildman–Crippen MR) is 179 cm³/mol. The molecule has 51 heavy (non-hydrogen) atoms. The number of nitrogens with zero attached hydrogens (tertiary/aromatic N) is 5. The number of amides is 4. The molecule has 2 aromatic heterocycles. The molecule has 2 aromatic carbocycles. The standard InChI is InChI=1S/C34H25F2N7O7S/c1-42-29-18-38-13-10-24(29)32(45)43(34(42)48)22-4-2-19(3-5-22)14-28(33(46)47)40-31(44)30-25(35)15-21(16-26(30)36)41-51(49,50)23-6-7-27(39-17-23)20-8-11-37-12-9-20/h2-13,15-18,24,28H,14H2,1H3,(H2-,40,41,44,46,47)/p+1/t24?,28-/m0/s1. The number of pyridine rings is 2. The number of imide groups is 1. The van der Waals surface area contributed by atoms with E-state index in [4.69, 9.17) is 0 Å². The molecule has 17 heteroatoms. The van der Waals surface area contributed by atoms with Crippen LogP contribution in [0.1, 0.15) is 15.9 Å². The van der Waals surface area contributed by atoms with Crippen LogP contribution in [0.2, 0.25) is 0 Å². The number of benzene rings is 2. The maximum absolute atomic E-state index is 15.1. The zero-order valence-electron chi connectivity index (χ0n) is 26.4. The third kappa shape index (κ3) is 7.00. The third-order valence-electron chi connectivity index (χ3n) is 8.02. The van der Waals surface area contributed by atoms with Crippen LogP contribution in [0, 0.1) is 17.6 Å². The number of carbonyl (C=O) groups is 4. The van der Waals surface area contributed by atoms with Crippen LogP contribution in [-0.4, -0.2) is 76.9 Å². The number of halogens is 2. The Bertz CT molecular complexity index is 2260. The Balaban J connectivity index is 1.13. The fourth-order valence-corrected chi connectivity index (χ4v) is 6.40. The Morgan fingerprint density at radius 2 is 1.71 bits per heavy atom. The molecule has 4 amide bonds. The first kappa shape index (κ1) is 34.4. The number of urea groups is 1. The number of hydrogen-bond acceptors (Lipinski definition) is 9. The number of anilines is 2. The van der Waals surface area contributed by atoms with Gasteiger partial charge in [0.2, 0.25) is 0 Å². The molecule has 2 aliphatic rings. The first-order valence-electron chi connectivity index (χ1n) is 15.0. The van der Waals surface area contributed by atoms with Crippen molar-refractivity contribution in [3.05, 3.63) is 114 Å². The minimum atomic E-state index is -4.36. The molecule has 0 saturated carbocycles. The van der Waals surface area contributed by atoms with E-state index in [9.17, 15) is 32.7 Å². The molecule has 1 unspecified atom stereocenters. The van der Waals surface area contributed by atoms with Gasteiger partial charge in [-0.05, 0) is 60.2 Å². The predicted octanol–water partition coefficient (Wildman–Crippen LogP) is 3.41. The van der Waals surface area contributed by atoms with Crippen LogP contribution in [0.3, 0.4) is 0 Å². The lowest BCUT2D eigenvalue weighted by atomic mass is 9.97. The number of carboxylic acid groups (broad SMARTS) is 1. The van der Waals surface area contributed by atoms with Gasteiger partial charge in [-0.25, -0.2) is 26.8 Å². The van der Waals surface area contributed by atoms with Gasteiger partial charge in [0.1, 0.15) is 45.5 Å². The maximum Gasteiger partial charge on any atom is 0.506 e. The second kappa shape index (κ2) is 13.8. The fourth-order valence-electron chi connectivity index (χ4n) is 5.41. The molecule has 258 valence electrons. The third-order valence-corrected chi connectivity index (χ3v) is 9.39. The zero-order chi connectivity index (χ0) is 36.4. The quantitative estimate of drug-likeness (QED) is 0.207. The Kier molecular flexibility index (Phi) is 9.29. The van der Waals surface area contributed by atoms with Crippen molar-refractivity contribution in [1.82, 2.24) is 15.3 Å². The second-order valence-electron chi connectivity index (χ2n) is 11.3. The van der Waals surface area contributed by atoms with E-state index in [0.717, 1.165) is 11.1 Å². The lowest BCUT2D eigenvalue weighted by molar-refractivity contribution is -0.392. The number of nitrogens with one attached hydrogen (secondary N) is 2. The summed E-state index contributed by atoms with van der Waals surface area (Å²) in [5.74, 6) is -7.05. The van der Waals surface area contributed by atoms with E-state index in [1.54, 1.807) is 30.6 Å². The van der Waals surface area contributed by atoms with Gasteiger partial charge in [-0.15, -0.1) is 4.90 Å². The van der Waals surface area contributed by atoms with Gasteiger partial charge in [-0.2, -0.15) is 9.37 Å². The molecule has 14 nitrogen and oxygen atoms in total. The van der Waals surface area contributed by atoms with Crippen molar-refractivity contribution >= 4 is 57.1 Å². The second-order valence-corrected chi connectivity index (χ2v) is 13.0. The van der Waals surface area contributed by atoms with Crippen molar-refractivity contribution < 1.29 is 46.1 Å².